The van der Waals surface area contributed by atoms with Crippen LogP contribution in [0.3, 0.4) is 0 Å². The van der Waals surface area contributed by atoms with Crippen molar-refractivity contribution in [3.63, 3.8) is 0 Å². The molecule has 118 valence electrons. The zero-order chi connectivity index (χ0) is 16.4. The first-order valence-corrected chi connectivity index (χ1v) is 8.02. The molecule has 0 aliphatic carbocycles. The van der Waals surface area contributed by atoms with E-state index in [0.717, 1.165) is 32.1 Å². The summed E-state index contributed by atoms with van der Waals surface area (Å²) in [6, 6.07) is 15.8. The fourth-order valence-electron chi connectivity index (χ4n) is 2.63. The van der Waals surface area contributed by atoms with Gasteiger partial charge in [-0.25, -0.2) is 0 Å². The molecule has 1 N–H and O–H groups in total. The molecule has 0 bridgehead atoms. The number of carbonyl (C=O) groups is 1. The molecule has 1 aromatic heterocycles. The van der Waals surface area contributed by atoms with Gasteiger partial charge in [0.15, 0.2) is 0 Å². The lowest BCUT2D eigenvalue weighted by atomic mass is 10.2. The average Bonchev–Trinajstić information content (AvgIpc) is 2.80. The molecule has 0 fully saturated rings. The van der Waals surface area contributed by atoms with E-state index in [1.54, 1.807) is 18.9 Å². The van der Waals surface area contributed by atoms with Crippen LogP contribution in [0.1, 0.15) is 5.69 Å². The quantitative estimate of drug-likeness (QED) is 0.770. The number of ether oxygens (including phenoxy) is 1. The molecule has 3 aromatic rings. The van der Waals surface area contributed by atoms with Crippen molar-refractivity contribution in [2.24, 2.45) is 7.05 Å². The van der Waals surface area contributed by atoms with Crippen molar-refractivity contribution >= 4 is 28.6 Å². The Hall–Kier alpha value is -2.40. The molecule has 0 atom stereocenters. The van der Waals surface area contributed by atoms with Crippen molar-refractivity contribution < 1.29 is 14.6 Å². The molecule has 0 spiro atoms. The summed E-state index contributed by atoms with van der Waals surface area (Å²) < 4.78 is 7.28. The van der Waals surface area contributed by atoms with Crippen molar-refractivity contribution in [2.45, 2.75) is 16.2 Å². The highest BCUT2D eigenvalue weighted by Crippen LogP contribution is 2.39. The Balaban J connectivity index is 2.19. The first-order chi connectivity index (χ1) is 11.1. The highest BCUT2D eigenvalue weighted by Gasteiger charge is 2.19. The van der Waals surface area contributed by atoms with Crippen molar-refractivity contribution in [1.29, 1.82) is 0 Å². The molecule has 0 aliphatic rings. The summed E-state index contributed by atoms with van der Waals surface area (Å²) in [4.78, 5) is 13.3. The molecule has 0 saturated heterocycles. The van der Waals surface area contributed by atoms with Crippen LogP contribution in [0.4, 0.5) is 0 Å². The minimum absolute atomic E-state index is 0.0112. The third-order valence-electron chi connectivity index (χ3n) is 3.76. The molecular formula is C18H17NO3S. The summed E-state index contributed by atoms with van der Waals surface area (Å²) in [7, 11) is 3.54. The Kier molecular flexibility index (Phi) is 4.30. The fourth-order valence-corrected chi connectivity index (χ4v) is 3.76. The van der Waals surface area contributed by atoms with Gasteiger partial charge >= 0.3 is 5.97 Å². The third-order valence-corrected chi connectivity index (χ3v) is 4.93. The maximum absolute atomic E-state index is 11.3. The highest BCUT2D eigenvalue weighted by atomic mass is 32.2. The zero-order valence-corrected chi connectivity index (χ0v) is 13.8. The van der Waals surface area contributed by atoms with Crippen molar-refractivity contribution in [1.82, 2.24) is 4.57 Å². The number of carboxylic acids is 1. The molecule has 3 rings (SSSR count). The van der Waals surface area contributed by atoms with Gasteiger partial charge < -0.3 is 14.4 Å². The Morgan fingerprint density at radius 3 is 2.61 bits per heavy atom. The molecule has 0 unspecified atom stereocenters. The number of aryl methyl sites for hydroxylation is 1. The van der Waals surface area contributed by atoms with Crippen LogP contribution >= 0.6 is 11.8 Å². The van der Waals surface area contributed by atoms with E-state index in [-0.39, 0.29) is 6.42 Å². The zero-order valence-electron chi connectivity index (χ0n) is 12.9. The first-order valence-electron chi connectivity index (χ1n) is 7.20. The Bertz CT molecular complexity index is 856. The van der Waals surface area contributed by atoms with Crippen molar-refractivity contribution in [3.8, 4) is 5.75 Å². The van der Waals surface area contributed by atoms with Crippen LogP contribution in [0.2, 0.25) is 0 Å². The Morgan fingerprint density at radius 2 is 1.96 bits per heavy atom. The molecule has 0 radical (unpaired) electrons. The van der Waals surface area contributed by atoms with Gasteiger partial charge in [0.05, 0.1) is 13.5 Å². The summed E-state index contributed by atoms with van der Waals surface area (Å²) in [6.07, 6.45) is -0.0112. The predicted molar refractivity (Wildman–Crippen MR) is 91.4 cm³/mol. The number of rotatable bonds is 5. The minimum atomic E-state index is -0.835. The Morgan fingerprint density at radius 1 is 1.22 bits per heavy atom. The van der Waals surface area contributed by atoms with Crippen LogP contribution in [-0.2, 0) is 18.3 Å². The minimum Gasteiger partial charge on any atom is -0.497 e. The molecule has 5 heteroatoms. The van der Waals surface area contributed by atoms with E-state index in [0.29, 0.717) is 0 Å². The van der Waals surface area contributed by atoms with Gasteiger partial charge in [-0.2, -0.15) is 0 Å². The van der Waals surface area contributed by atoms with Gasteiger partial charge in [-0.3, -0.25) is 4.79 Å². The normalized spacial score (nSPS) is 10.9. The highest BCUT2D eigenvalue weighted by molar-refractivity contribution is 7.99. The monoisotopic (exact) mass is 327 g/mol. The second-order valence-electron chi connectivity index (χ2n) is 5.20. The van der Waals surface area contributed by atoms with E-state index in [1.165, 1.54) is 0 Å². The van der Waals surface area contributed by atoms with Crippen LogP contribution in [-0.4, -0.2) is 22.8 Å². The van der Waals surface area contributed by atoms with Crippen LogP contribution < -0.4 is 4.74 Å². The maximum Gasteiger partial charge on any atom is 0.309 e. The summed E-state index contributed by atoms with van der Waals surface area (Å²) in [5.41, 5.74) is 1.80. The average molecular weight is 327 g/mol. The van der Waals surface area contributed by atoms with Crippen LogP contribution in [0.15, 0.2) is 58.3 Å². The van der Waals surface area contributed by atoms with Gasteiger partial charge in [0, 0.05) is 33.4 Å². The summed E-state index contributed by atoms with van der Waals surface area (Å²) in [5, 5.41) is 10.3. The van der Waals surface area contributed by atoms with Gasteiger partial charge in [0.2, 0.25) is 0 Å². The van der Waals surface area contributed by atoms with E-state index in [9.17, 15) is 9.90 Å². The van der Waals surface area contributed by atoms with Gasteiger partial charge in [-0.1, -0.05) is 30.0 Å². The van der Waals surface area contributed by atoms with Crippen LogP contribution in [0, 0.1) is 0 Å². The topological polar surface area (TPSA) is 51.5 Å². The van der Waals surface area contributed by atoms with Gasteiger partial charge in [-0.15, -0.1) is 0 Å². The first kappa shape index (κ1) is 15.5. The standard InChI is InChI=1S/C18H17NO3S/c1-19-15-9-8-12(22-2)10-14(15)18(16(19)11-17(20)21)23-13-6-4-3-5-7-13/h3-10H,11H2,1-2H3,(H,20,21). The maximum atomic E-state index is 11.3. The summed E-state index contributed by atoms with van der Waals surface area (Å²) in [6.45, 7) is 0. The molecule has 4 nitrogen and oxygen atoms in total. The third kappa shape index (κ3) is 3.05. The lowest BCUT2D eigenvalue weighted by Crippen LogP contribution is -2.06. The molecule has 1 heterocycles. The number of hydrogen-bond acceptors (Lipinski definition) is 3. The number of aromatic nitrogens is 1. The second-order valence-corrected chi connectivity index (χ2v) is 6.29. The van der Waals surface area contributed by atoms with Crippen LogP contribution in [0.5, 0.6) is 5.75 Å². The Labute approximate surface area is 138 Å². The number of fused-ring (bicyclic) bond motifs is 1. The number of aliphatic carboxylic acids is 1. The van der Waals surface area contributed by atoms with E-state index in [4.69, 9.17) is 4.74 Å². The summed E-state index contributed by atoms with van der Waals surface area (Å²) >= 11 is 1.59. The number of carboxylic acid groups (broad SMARTS) is 1. The predicted octanol–water partition coefficient (Wildman–Crippen LogP) is 3.97. The van der Waals surface area contributed by atoms with Crippen molar-refractivity contribution in [3.05, 3.63) is 54.2 Å². The lowest BCUT2D eigenvalue weighted by molar-refractivity contribution is -0.136. The van der Waals surface area contributed by atoms with E-state index < -0.39 is 5.97 Å². The van der Waals surface area contributed by atoms with Gasteiger partial charge in [0.1, 0.15) is 5.75 Å². The molecule has 0 amide bonds. The van der Waals surface area contributed by atoms with Crippen LogP contribution in [0.25, 0.3) is 10.9 Å². The van der Waals surface area contributed by atoms with E-state index in [1.807, 2.05) is 60.1 Å². The molecule has 23 heavy (non-hydrogen) atoms. The van der Waals surface area contributed by atoms with E-state index >= 15 is 0 Å². The molecule has 0 saturated carbocycles. The molecular weight excluding hydrogens is 310 g/mol. The SMILES string of the molecule is COc1ccc2c(c1)c(Sc1ccccc1)c(CC(=O)O)n2C. The largest absolute Gasteiger partial charge is 0.497 e. The van der Waals surface area contributed by atoms with Crippen molar-refractivity contribution in [2.75, 3.05) is 7.11 Å². The fraction of sp³-hybridized carbons (Fsp3) is 0.167. The van der Waals surface area contributed by atoms with Gasteiger partial charge in [0.25, 0.3) is 0 Å². The van der Waals surface area contributed by atoms with Gasteiger partial charge in [-0.05, 0) is 30.3 Å². The summed E-state index contributed by atoms with van der Waals surface area (Å²) in [5.74, 6) is -0.0716. The lowest BCUT2D eigenvalue weighted by Gasteiger charge is -2.05. The second kappa shape index (κ2) is 6.38. The molecule has 2 aromatic carbocycles. The van der Waals surface area contributed by atoms with E-state index in [2.05, 4.69) is 0 Å². The number of nitrogens with zero attached hydrogens (tertiary/aromatic N) is 1. The smallest absolute Gasteiger partial charge is 0.309 e. The number of methoxy groups -OCH3 is 1. The number of hydrogen-bond donors (Lipinski definition) is 1. The number of benzene rings is 2. The molecule has 0 aliphatic heterocycles.